The van der Waals surface area contributed by atoms with E-state index in [9.17, 15) is 9.59 Å². The zero-order chi connectivity index (χ0) is 16.4. The Bertz CT molecular complexity index is 611. The molecule has 0 radical (unpaired) electrons. The number of likely N-dealkylation sites (N-methyl/N-ethyl adjacent to an activating group) is 1. The van der Waals surface area contributed by atoms with Crippen molar-refractivity contribution in [1.29, 1.82) is 0 Å². The highest BCUT2D eigenvalue weighted by Gasteiger charge is 2.30. The van der Waals surface area contributed by atoms with E-state index < -0.39 is 0 Å². The molecule has 0 bridgehead atoms. The fourth-order valence-corrected chi connectivity index (χ4v) is 4.76. The third-order valence-electron chi connectivity index (χ3n) is 4.69. The zero-order valence-corrected chi connectivity index (χ0v) is 15.9. The lowest BCUT2D eigenvalue weighted by Crippen LogP contribution is -2.26. The monoisotopic (exact) mass is 372 g/mol. The van der Waals surface area contributed by atoms with Gasteiger partial charge in [0, 0.05) is 23.9 Å². The SMILES string of the molecule is CCOC(=O)c1c(NC(=O)C2CCCC2)sc2c1CCN(C)C2.Cl. The average molecular weight is 373 g/mol. The van der Waals surface area contributed by atoms with Gasteiger partial charge in [-0.1, -0.05) is 12.8 Å². The smallest absolute Gasteiger partial charge is 0.341 e. The normalized spacial score (nSPS) is 17.9. The highest BCUT2D eigenvalue weighted by Crippen LogP contribution is 2.38. The molecule has 1 N–H and O–H groups in total. The van der Waals surface area contributed by atoms with E-state index in [1.165, 1.54) is 16.2 Å². The first-order valence-electron chi connectivity index (χ1n) is 8.41. The summed E-state index contributed by atoms with van der Waals surface area (Å²) in [4.78, 5) is 28.3. The predicted molar refractivity (Wildman–Crippen MR) is 98.1 cm³/mol. The van der Waals surface area contributed by atoms with E-state index >= 15 is 0 Å². The Morgan fingerprint density at radius 1 is 1.33 bits per heavy atom. The molecule has 0 unspecified atom stereocenters. The summed E-state index contributed by atoms with van der Waals surface area (Å²) in [6, 6.07) is 0. The van der Waals surface area contributed by atoms with E-state index in [2.05, 4.69) is 17.3 Å². The van der Waals surface area contributed by atoms with Crippen molar-refractivity contribution >= 4 is 40.6 Å². The van der Waals surface area contributed by atoms with Gasteiger partial charge in [0.1, 0.15) is 5.00 Å². The van der Waals surface area contributed by atoms with E-state index in [-0.39, 0.29) is 30.2 Å². The molecule has 1 aliphatic heterocycles. The summed E-state index contributed by atoms with van der Waals surface area (Å²) in [5, 5.41) is 3.71. The molecular weight excluding hydrogens is 348 g/mol. The first kappa shape index (κ1) is 19.2. The van der Waals surface area contributed by atoms with Crippen LogP contribution in [0.1, 0.15) is 53.4 Å². The molecule has 7 heteroatoms. The van der Waals surface area contributed by atoms with Crippen LogP contribution < -0.4 is 5.32 Å². The van der Waals surface area contributed by atoms with Gasteiger partial charge < -0.3 is 15.0 Å². The van der Waals surface area contributed by atoms with Crippen molar-refractivity contribution < 1.29 is 14.3 Å². The van der Waals surface area contributed by atoms with Crippen LogP contribution in [0, 0.1) is 5.92 Å². The topological polar surface area (TPSA) is 58.6 Å². The molecule has 1 aromatic heterocycles. The number of hydrogen-bond acceptors (Lipinski definition) is 5. The fourth-order valence-electron chi connectivity index (χ4n) is 3.44. The molecule has 3 rings (SSSR count). The van der Waals surface area contributed by atoms with Crippen LogP contribution in [-0.4, -0.2) is 37.0 Å². The van der Waals surface area contributed by atoms with Crippen molar-refractivity contribution in [3.05, 3.63) is 16.0 Å². The number of nitrogens with zero attached hydrogens (tertiary/aromatic N) is 1. The minimum atomic E-state index is -0.309. The van der Waals surface area contributed by atoms with Crippen LogP contribution in [0.4, 0.5) is 5.00 Å². The third-order valence-corrected chi connectivity index (χ3v) is 5.82. The minimum Gasteiger partial charge on any atom is -0.462 e. The number of fused-ring (bicyclic) bond motifs is 1. The quantitative estimate of drug-likeness (QED) is 0.822. The van der Waals surface area contributed by atoms with Crippen LogP contribution in [0.15, 0.2) is 0 Å². The Morgan fingerprint density at radius 2 is 2.04 bits per heavy atom. The molecule has 0 atom stereocenters. The maximum Gasteiger partial charge on any atom is 0.341 e. The van der Waals surface area contributed by atoms with Gasteiger partial charge in [0.25, 0.3) is 0 Å². The Hall–Kier alpha value is -1.11. The molecule has 134 valence electrons. The molecule has 1 fully saturated rings. The molecule has 5 nitrogen and oxygen atoms in total. The predicted octanol–water partition coefficient (Wildman–Crippen LogP) is 3.46. The van der Waals surface area contributed by atoms with Gasteiger partial charge in [-0.25, -0.2) is 4.79 Å². The molecular formula is C17H25ClN2O3S. The van der Waals surface area contributed by atoms with Gasteiger partial charge >= 0.3 is 5.97 Å². The number of rotatable bonds is 4. The second kappa shape index (κ2) is 8.32. The largest absolute Gasteiger partial charge is 0.462 e. The summed E-state index contributed by atoms with van der Waals surface area (Å²) in [5.74, 6) is -0.164. The highest BCUT2D eigenvalue weighted by atomic mass is 35.5. The number of esters is 1. The van der Waals surface area contributed by atoms with Crippen molar-refractivity contribution in [3.8, 4) is 0 Å². The molecule has 2 heterocycles. The summed E-state index contributed by atoms with van der Waals surface area (Å²) in [7, 11) is 2.07. The van der Waals surface area contributed by atoms with Crippen molar-refractivity contribution in [1.82, 2.24) is 4.90 Å². The molecule has 2 aliphatic rings. The summed E-state index contributed by atoms with van der Waals surface area (Å²) >= 11 is 1.53. The maximum absolute atomic E-state index is 12.5. The Morgan fingerprint density at radius 3 is 2.71 bits per heavy atom. The molecule has 1 saturated carbocycles. The van der Waals surface area contributed by atoms with Gasteiger partial charge in [-0.2, -0.15) is 0 Å². The summed E-state index contributed by atoms with van der Waals surface area (Å²) in [5.41, 5.74) is 1.65. The first-order valence-corrected chi connectivity index (χ1v) is 9.22. The third kappa shape index (κ3) is 3.92. The van der Waals surface area contributed by atoms with Crippen molar-refractivity contribution in [2.75, 3.05) is 25.5 Å². The number of halogens is 1. The minimum absolute atomic E-state index is 0. The summed E-state index contributed by atoms with van der Waals surface area (Å²) in [6.45, 7) is 3.90. The van der Waals surface area contributed by atoms with Crippen molar-refractivity contribution in [2.45, 2.75) is 45.6 Å². The van der Waals surface area contributed by atoms with Crippen LogP contribution >= 0.6 is 23.7 Å². The zero-order valence-electron chi connectivity index (χ0n) is 14.2. The van der Waals surface area contributed by atoms with Gasteiger partial charge in [0.2, 0.25) is 5.91 Å². The average Bonchev–Trinajstić information content (AvgIpc) is 3.14. The molecule has 1 amide bonds. The van der Waals surface area contributed by atoms with Crippen LogP contribution in [-0.2, 0) is 22.5 Å². The maximum atomic E-state index is 12.5. The second-order valence-corrected chi connectivity index (χ2v) is 7.49. The lowest BCUT2D eigenvalue weighted by Gasteiger charge is -2.22. The number of carbonyl (C=O) groups excluding carboxylic acids is 2. The number of amides is 1. The number of hydrogen-bond donors (Lipinski definition) is 1. The molecule has 0 spiro atoms. The number of ether oxygens (including phenoxy) is 1. The Labute approximate surface area is 153 Å². The van der Waals surface area contributed by atoms with Crippen LogP contribution in [0.2, 0.25) is 0 Å². The van der Waals surface area contributed by atoms with Crippen LogP contribution in [0.5, 0.6) is 0 Å². The summed E-state index contributed by atoms with van der Waals surface area (Å²) < 4.78 is 5.23. The Kier molecular flexibility index (Phi) is 6.66. The van der Waals surface area contributed by atoms with Gasteiger partial charge in [-0.15, -0.1) is 23.7 Å². The molecule has 0 saturated heterocycles. The molecule has 1 aliphatic carbocycles. The van der Waals surface area contributed by atoms with Gasteiger partial charge in [0.15, 0.2) is 0 Å². The first-order chi connectivity index (χ1) is 11.1. The van der Waals surface area contributed by atoms with Crippen LogP contribution in [0.25, 0.3) is 0 Å². The van der Waals surface area contributed by atoms with E-state index in [0.29, 0.717) is 17.2 Å². The number of anilines is 1. The molecule has 1 aromatic rings. The summed E-state index contributed by atoms with van der Waals surface area (Å²) in [6.07, 6.45) is 4.97. The fraction of sp³-hybridized carbons (Fsp3) is 0.647. The lowest BCUT2D eigenvalue weighted by molar-refractivity contribution is -0.119. The number of nitrogens with one attached hydrogen (secondary N) is 1. The van der Waals surface area contributed by atoms with Gasteiger partial charge in [0.05, 0.1) is 12.2 Å². The highest BCUT2D eigenvalue weighted by molar-refractivity contribution is 7.17. The van der Waals surface area contributed by atoms with E-state index in [1.54, 1.807) is 6.92 Å². The van der Waals surface area contributed by atoms with Crippen molar-refractivity contribution in [3.63, 3.8) is 0 Å². The molecule has 24 heavy (non-hydrogen) atoms. The van der Waals surface area contributed by atoms with Gasteiger partial charge in [-0.05, 0) is 38.8 Å². The molecule has 0 aromatic carbocycles. The van der Waals surface area contributed by atoms with Crippen LogP contribution in [0.3, 0.4) is 0 Å². The number of carbonyl (C=O) groups is 2. The van der Waals surface area contributed by atoms with Gasteiger partial charge in [-0.3, -0.25) is 4.79 Å². The Balaban J connectivity index is 0.00000208. The second-order valence-electron chi connectivity index (χ2n) is 6.39. The lowest BCUT2D eigenvalue weighted by atomic mass is 10.0. The van der Waals surface area contributed by atoms with E-state index in [0.717, 1.165) is 50.8 Å². The van der Waals surface area contributed by atoms with E-state index in [4.69, 9.17) is 4.74 Å². The van der Waals surface area contributed by atoms with Crippen molar-refractivity contribution in [2.24, 2.45) is 5.92 Å². The van der Waals surface area contributed by atoms with E-state index in [1.807, 2.05) is 0 Å². The number of thiophene rings is 1. The standard InChI is InChI=1S/C17H24N2O3S.ClH/c1-3-22-17(21)14-12-8-9-19(2)10-13(12)23-16(14)18-15(20)11-6-4-5-7-11;/h11H,3-10H2,1-2H3,(H,18,20);1H.